The van der Waals surface area contributed by atoms with Gasteiger partial charge in [-0.05, 0) is 76.5 Å². The molecule has 0 radical (unpaired) electrons. The number of pyridine rings is 1. The maximum atomic E-state index is 4.54. The van der Waals surface area contributed by atoms with E-state index in [0.717, 1.165) is 16.6 Å². The molecule has 0 N–H and O–H groups in total. The molecular formula is C39H25N3. The van der Waals surface area contributed by atoms with Crippen molar-refractivity contribution < 1.29 is 0 Å². The van der Waals surface area contributed by atoms with E-state index in [1.165, 1.54) is 60.3 Å². The zero-order valence-corrected chi connectivity index (χ0v) is 22.8. The normalized spacial score (nSPS) is 11.8. The molecule has 3 aromatic heterocycles. The van der Waals surface area contributed by atoms with Gasteiger partial charge in [-0.2, -0.15) is 0 Å². The van der Waals surface area contributed by atoms with Crippen molar-refractivity contribution in [1.82, 2.24) is 14.1 Å². The first-order valence-corrected chi connectivity index (χ1v) is 14.3. The summed E-state index contributed by atoms with van der Waals surface area (Å²) in [5, 5.41) is 7.38. The first-order valence-electron chi connectivity index (χ1n) is 14.3. The second kappa shape index (κ2) is 8.92. The topological polar surface area (TPSA) is 22.8 Å². The molecule has 0 aliphatic carbocycles. The quantitative estimate of drug-likeness (QED) is 0.221. The minimum absolute atomic E-state index is 1.15. The zero-order valence-electron chi connectivity index (χ0n) is 22.8. The summed E-state index contributed by atoms with van der Waals surface area (Å²) in [6.07, 6.45) is 3.89. The Balaban J connectivity index is 1.32. The van der Waals surface area contributed by atoms with Crippen molar-refractivity contribution in [2.75, 3.05) is 0 Å². The molecule has 3 heteroatoms. The molecule has 196 valence electrons. The van der Waals surface area contributed by atoms with Gasteiger partial charge in [0.1, 0.15) is 0 Å². The smallest absolute Gasteiger partial charge is 0.0572 e. The van der Waals surface area contributed by atoms with Crippen LogP contribution in [-0.2, 0) is 0 Å². The number of aromatic nitrogens is 3. The van der Waals surface area contributed by atoms with Gasteiger partial charge in [0.05, 0.1) is 22.1 Å². The third-order valence-corrected chi connectivity index (χ3v) is 8.58. The molecular weight excluding hydrogens is 510 g/mol. The highest BCUT2D eigenvalue weighted by molar-refractivity contribution is 6.17. The number of para-hydroxylation sites is 2. The van der Waals surface area contributed by atoms with Gasteiger partial charge >= 0.3 is 0 Å². The van der Waals surface area contributed by atoms with E-state index >= 15 is 0 Å². The van der Waals surface area contributed by atoms with Crippen LogP contribution in [0.1, 0.15) is 0 Å². The summed E-state index contributed by atoms with van der Waals surface area (Å²) in [5.41, 5.74) is 9.49. The molecule has 42 heavy (non-hydrogen) atoms. The molecule has 9 rings (SSSR count). The van der Waals surface area contributed by atoms with Crippen LogP contribution in [0.25, 0.3) is 76.9 Å². The summed E-state index contributed by atoms with van der Waals surface area (Å²) in [6, 6.07) is 50.3. The Morgan fingerprint density at radius 3 is 2.10 bits per heavy atom. The van der Waals surface area contributed by atoms with Crippen LogP contribution >= 0.6 is 0 Å². The number of hydrogen-bond acceptors (Lipinski definition) is 1. The minimum atomic E-state index is 1.15. The largest absolute Gasteiger partial charge is 0.309 e. The molecule has 0 amide bonds. The highest BCUT2D eigenvalue weighted by Crippen LogP contribution is 2.40. The Kier molecular flexibility index (Phi) is 4.90. The summed E-state index contributed by atoms with van der Waals surface area (Å²) in [5.74, 6) is 0. The van der Waals surface area contributed by atoms with Crippen LogP contribution < -0.4 is 0 Å². The fourth-order valence-electron chi connectivity index (χ4n) is 6.74. The first-order chi connectivity index (χ1) is 20.8. The predicted octanol–water partition coefficient (Wildman–Crippen LogP) is 10.1. The van der Waals surface area contributed by atoms with Crippen LogP contribution in [0.3, 0.4) is 0 Å². The standard InChI is InChI=1S/C39H25N3/c1-2-11-29(12-3-1)41-37-21-22-40-25-34(37)39-31(14-8-16-38(39)41)28-18-20-36-33(24-28)32-13-6-7-15-35(32)42(36)30-19-17-26-9-4-5-10-27(26)23-30/h1-25H. The average molecular weight is 536 g/mol. The van der Waals surface area contributed by atoms with Crippen molar-refractivity contribution in [2.45, 2.75) is 0 Å². The first kappa shape index (κ1) is 23.1. The van der Waals surface area contributed by atoms with Crippen LogP contribution in [0.2, 0.25) is 0 Å². The lowest BCUT2D eigenvalue weighted by Crippen LogP contribution is -1.94. The Bertz CT molecular complexity index is 2460. The van der Waals surface area contributed by atoms with E-state index in [-0.39, 0.29) is 0 Å². The van der Waals surface area contributed by atoms with E-state index in [2.05, 4.69) is 154 Å². The molecule has 9 aromatic rings. The molecule has 0 aliphatic heterocycles. The number of hydrogen-bond donors (Lipinski definition) is 0. The lowest BCUT2D eigenvalue weighted by atomic mass is 9.98. The Morgan fingerprint density at radius 2 is 1.17 bits per heavy atom. The minimum Gasteiger partial charge on any atom is -0.309 e. The van der Waals surface area contributed by atoms with Gasteiger partial charge in [0.2, 0.25) is 0 Å². The Labute approximate surface area is 242 Å². The maximum Gasteiger partial charge on any atom is 0.0572 e. The molecule has 3 heterocycles. The number of fused-ring (bicyclic) bond motifs is 7. The lowest BCUT2D eigenvalue weighted by molar-refractivity contribution is 1.17. The van der Waals surface area contributed by atoms with Crippen molar-refractivity contribution in [2.24, 2.45) is 0 Å². The van der Waals surface area contributed by atoms with Gasteiger partial charge in [-0.15, -0.1) is 0 Å². The number of benzene rings is 6. The zero-order chi connectivity index (χ0) is 27.6. The fraction of sp³-hybridized carbons (Fsp3) is 0. The van der Waals surface area contributed by atoms with E-state index in [9.17, 15) is 0 Å². The van der Waals surface area contributed by atoms with Crippen molar-refractivity contribution in [3.8, 4) is 22.5 Å². The van der Waals surface area contributed by atoms with Crippen LogP contribution in [0.5, 0.6) is 0 Å². The van der Waals surface area contributed by atoms with E-state index in [4.69, 9.17) is 0 Å². The molecule has 0 bridgehead atoms. The predicted molar refractivity (Wildman–Crippen MR) is 176 cm³/mol. The molecule has 3 nitrogen and oxygen atoms in total. The summed E-state index contributed by atoms with van der Waals surface area (Å²) in [7, 11) is 0. The van der Waals surface area contributed by atoms with Crippen LogP contribution in [-0.4, -0.2) is 14.1 Å². The molecule has 0 atom stereocenters. The van der Waals surface area contributed by atoms with Crippen LogP contribution in [0.15, 0.2) is 152 Å². The SMILES string of the molecule is c1ccc(-n2c3ccncc3c3c(-c4ccc5c(c4)c4ccccc4n5-c4ccc5ccccc5c4)cccc32)cc1. The van der Waals surface area contributed by atoms with Crippen molar-refractivity contribution in [3.05, 3.63) is 152 Å². The summed E-state index contributed by atoms with van der Waals surface area (Å²) in [6.45, 7) is 0. The third-order valence-electron chi connectivity index (χ3n) is 8.58. The van der Waals surface area contributed by atoms with Gasteiger partial charge in [-0.3, -0.25) is 4.98 Å². The summed E-state index contributed by atoms with van der Waals surface area (Å²) in [4.78, 5) is 4.54. The van der Waals surface area contributed by atoms with E-state index < -0.39 is 0 Å². The Hall–Kier alpha value is -5.67. The summed E-state index contributed by atoms with van der Waals surface area (Å²) >= 11 is 0. The van der Waals surface area contributed by atoms with Gasteiger partial charge in [0.15, 0.2) is 0 Å². The van der Waals surface area contributed by atoms with Gasteiger partial charge in [-0.25, -0.2) is 0 Å². The lowest BCUT2D eigenvalue weighted by Gasteiger charge is -2.10. The highest BCUT2D eigenvalue weighted by Gasteiger charge is 2.18. The van der Waals surface area contributed by atoms with E-state index in [1.807, 2.05) is 12.4 Å². The molecule has 0 saturated carbocycles. The molecule has 0 saturated heterocycles. The average Bonchev–Trinajstić information content (AvgIpc) is 3.58. The van der Waals surface area contributed by atoms with Crippen molar-refractivity contribution in [3.63, 3.8) is 0 Å². The fourth-order valence-corrected chi connectivity index (χ4v) is 6.74. The van der Waals surface area contributed by atoms with Crippen molar-refractivity contribution >= 4 is 54.4 Å². The van der Waals surface area contributed by atoms with Gasteiger partial charge < -0.3 is 9.13 Å². The number of nitrogens with zero attached hydrogens (tertiary/aromatic N) is 3. The Morgan fingerprint density at radius 1 is 0.429 bits per heavy atom. The third kappa shape index (κ3) is 3.31. The number of rotatable bonds is 3. The van der Waals surface area contributed by atoms with Gasteiger partial charge in [0, 0.05) is 45.3 Å². The molecule has 6 aromatic carbocycles. The second-order valence-electron chi connectivity index (χ2n) is 10.9. The van der Waals surface area contributed by atoms with Crippen LogP contribution in [0.4, 0.5) is 0 Å². The van der Waals surface area contributed by atoms with E-state index in [0.29, 0.717) is 0 Å². The highest BCUT2D eigenvalue weighted by atomic mass is 15.0. The molecule has 0 aliphatic rings. The van der Waals surface area contributed by atoms with E-state index in [1.54, 1.807) is 0 Å². The van der Waals surface area contributed by atoms with Gasteiger partial charge in [0.25, 0.3) is 0 Å². The van der Waals surface area contributed by atoms with Crippen molar-refractivity contribution in [1.29, 1.82) is 0 Å². The molecule has 0 unspecified atom stereocenters. The van der Waals surface area contributed by atoms with Crippen LogP contribution in [0, 0.1) is 0 Å². The monoisotopic (exact) mass is 535 g/mol. The second-order valence-corrected chi connectivity index (χ2v) is 10.9. The van der Waals surface area contributed by atoms with Gasteiger partial charge in [-0.1, -0.05) is 84.9 Å². The molecule has 0 spiro atoms. The summed E-state index contributed by atoms with van der Waals surface area (Å²) < 4.78 is 4.74. The molecule has 0 fully saturated rings. The maximum absolute atomic E-state index is 4.54.